The highest BCUT2D eigenvalue weighted by Crippen LogP contribution is 2.32. The van der Waals surface area contributed by atoms with Crippen LogP contribution in [-0.2, 0) is 16.1 Å². The largest absolute Gasteiger partial charge is 0.378 e. The van der Waals surface area contributed by atoms with Crippen LogP contribution in [0.4, 0.5) is 10.2 Å². The molecule has 2 N–H and O–H groups in total. The Kier molecular flexibility index (Phi) is 6.43. The van der Waals surface area contributed by atoms with Gasteiger partial charge in [-0.3, -0.25) is 9.69 Å². The van der Waals surface area contributed by atoms with Gasteiger partial charge in [0.1, 0.15) is 17.5 Å². The molecule has 0 saturated carbocycles. The molecule has 1 fully saturated rings. The maximum absolute atomic E-state index is 14.6. The van der Waals surface area contributed by atoms with Gasteiger partial charge in [0.05, 0.1) is 35.4 Å². The second-order valence-corrected chi connectivity index (χ2v) is 9.45. The Balaban J connectivity index is 1.65. The zero-order chi connectivity index (χ0) is 24.7. The number of methoxy groups -OCH3 is 1. The van der Waals surface area contributed by atoms with E-state index in [2.05, 4.69) is 20.5 Å². The van der Waals surface area contributed by atoms with Crippen molar-refractivity contribution >= 4 is 22.8 Å². The van der Waals surface area contributed by atoms with E-state index in [0.717, 1.165) is 11.3 Å². The molecule has 35 heavy (non-hydrogen) atoms. The van der Waals surface area contributed by atoms with Crippen molar-refractivity contribution in [3.05, 3.63) is 42.0 Å². The van der Waals surface area contributed by atoms with Gasteiger partial charge in [-0.2, -0.15) is 0 Å². The molecule has 2 aliphatic heterocycles. The van der Waals surface area contributed by atoms with Gasteiger partial charge in [0, 0.05) is 51.6 Å². The number of nitrogens with zero attached hydrogens (tertiary/aromatic N) is 5. The average molecular weight is 482 g/mol. The minimum absolute atomic E-state index is 0.0529. The van der Waals surface area contributed by atoms with Crippen LogP contribution in [0.1, 0.15) is 12.2 Å². The van der Waals surface area contributed by atoms with E-state index in [1.807, 2.05) is 43.8 Å². The fraction of sp³-hybridized carbons (Fsp3) is 0.480. The van der Waals surface area contributed by atoms with Crippen molar-refractivity contribution < 1.29 is 13.9 Å². The van der Waals surface area contributed by atoms with Crippen molar-refractivity contribution in [2.75, 3.05) is 46.3 Å². The summed E-state index contributed by atoms with van der Waals surface area (Å²) in [6.07, 6.45) is 0.400. The number of anilines is 1. The molecule has 2 aliphatic rings. The van der Waals surface area contributed by atoms with Gasteiger partial charge in [-0.25, -0.2) is 14.4 Å². The van der Waals surface area contributed by atoms with E-state index in [9.17, 15) is 9.18 Å². The van der Waals surface area contributed by atoms with Crippen LogP contribution in [0.5, 0.6) is 0 Å². The topological polar surface area (TPSA) is 87.6 Å². The lowest BCUT2D eigenvalue weighted by molar-refractivity contribution is -0.136. The highest BCUT2D eigenvalue weighted by atomic mass is 19.1. The lowest BCUT2D eigenvalue weighted by Gasteiger charge is -2.30. The Morgan fingerprint density at radius 3 is 2.83 bits per heavy atom. The smallest absolute Gasteiger partial charge is 0.239 e. The fourth-order valence-electron chi connectivity index (χ4n) is 5.35. The molecule has 0 unspecified atom stereocenters. The van der Waals surface area contributed by atoms with E-state index in [-0.39, 0.29) is 29.9 Å². The summed E-state index contributed by atoms with van der Waals surface area (Å²) in [5.41, 5.74) is 2.73. The molecule has 0 spiro atoms. The van der Waals surface area contributed by atoms with Crippen molar-refractivity contribution in [3.8, 4) is 11.3 Å². The van der Waals surface area contributed by atoms with Crippen LogP contribution in [0.2, 0.25) is 0 Å². The summed E-state index contributed by atoms with van der Waals surface area (Å²) < 4.78 is 22.5. The van der Waals surface area contributed by atoms with Crippen LogP contribution >= 0.6 is 0 Å². The predicted molar refractivity (Wildman–Crippen MR) is 133 cm³/mol. The molecule has 3 aromatic rings. The SMILES string of the molecule is CNCN1C[C@@H]2C[C@H]1C(=O)N(C)C[C@H](OC)Cn1c(C)nc3cc(F)cc(c31)-c1cccc(n1)N2. The summed E-state index contributed by atoms with van der Waals surface area (Å²) in [4.78, 5) is 26.9. The average Bonchev–Trinajstić information content (AvgIpc) is 3.37. The van der Waals surface area contributed by atoms with Crippen LogP contribution in [-0.4, -0.2) is 89.4 Å². The molecule has 1 aromatic carbocycles. The number of nitrogens with one attached hydrogen (secondary N) is 2. The molecule has 10 heteroatoms. The third kappa shape index (κ3) is 4.49. The molecule has 0 radical (unpaired) electrons. The predicted octanol–water partition coefficient (Wildman–Crippen LogP) is 2.06. The quantitative estimate of drug-likeness (QED) is 0.592. The second kappa shape index (κ2) is 9.52. The summed E-state index contributed by atoms with van der Waals surface area (Å²) in [7, 11) is 5.36. The Hall–Kier alpha value is -3.08. The van der Waals surface area contributed by atoms with Gasteiger partial charge < -0.3 is 24.8 Å². The van der Waals surface area contributed by atoms with Crippen molar-refractivity contribution in [1.82, 2.24) is 29.7 Å². The first kappa shape index (κ1) is 23.7. The Morgan fingerprint density at radius 1 is 1.23 bits per heavy atom. The first-order valence-corrected chi connectivity index (χ1v) is 11.9. The minimum atomic E-state index is -0.356. The van der Waals surface area contributed by atoms with E-state index >= 15 is 0 Å². The van der Waals surface area contributed by atoms with Gasteiger partial charge in [0.25, 0.3) is 0 Å². The Labute approximate surface area is 204 Å². The number of aromatic nitrogens is 3. The van der Waals surface area contributed by atoms with Gasteiger partial charge in [0.2, 0.25) is 5.91 Å². The molecule has 2 aromatic heterocycles. The molecule has 9 nitrogen and oxygen atoms in total. The van der Waals surface area contributed by atoms with Crippen molar-refractivity contribution in [2.45, 2.75) is 38.1 Å². The summed E-state index contributed by atoms with van der Waals surface area (Å²) in [6.45, 7) is 4.13. The number of rotatable bonds is 3. The van der Waals surface area contributed by atoms with Crippen molar-refractivity contribution in [3.63, 3.8) is 0 Å². The normalized spacial score (nSPS) is 23.3. The van der Waals surface area contributed by atoms with Gasteiger partial charge in [-0.05, 0) is 38.6 Å². The minimum Gasteiger partial charge on any atom is -0.378 e. The third-order valence-corrected chi connectivity index (χ3v) is 7.00. The Morgan fingerprint density at radius 2 is 2.06 bits per heavy atom. The number of carbonyl (C=O) groups excluding carboxylic acids is 1. The number of ether oxygens (including phenoxy) is 1. The van der Waals surface area contributed by atoms with E-state index in [4.69, 9.17) is 9.72 Å². The highest BCUT2D eigenvalue weighted by molar-refractivity contribution is 5.92. The molecule has 1 saturated heterocycles. The highest BCUT2D eigenvalue weighted by Gasteiger charge is 2.38. The maximum Gasteiger partial charge on any atom is 0.239 e. The summed E-state index contributed by atoms with van der Waals surface area (Å²) in [5.74, 6) is 1.16. The van der Waals surface area contributed by atoms with Crippen LogP contribution < -0.4 is 10.6 Å². The van der Waals surface area contributed by atoms with E-state index in [0.29, 0.717) is 55.3 Å². The number of imidazole rings is 1. The molecular weight excluding hydrogens is 449 g/mol. The van der Waals surface area contributed by atoms with Crippen molar-refractivity contribution in [2.24, 2.45) is 0 Å². The standard InChI is InChI=1S/C25H32FN7O2/c1-15-28-21-9-16(26)8-19-20-6-5-7-23(30-20)29-17-10-22(32(11-17)14-27-2)25(34)31(3)12-18(35-4)13-33(15)24(19)21/h5-9,17-18,22,27H,10-14H2,1-4H3,(H,29,30)/t17-,18-,22-/m0/s1. The van der Waals surface area contributed by atoms with Gasteiger partial charge >= 0.3 is 0 Å². The van der Waals surface area contributed by atoms with Crippen molar-refractivity contribution in [1.29, 1.82) is 0 Å². The number of hydrogen-bond acceptors (Lipinski definition) is 7. The Bertz CT molecular complexity index is 1250. The van der Waals surface area contributed by atoms with E-state index in [1.165, 1.54) is 12.1 Å². The monoisotopic (exact) mass is 481 g/mol. The summed E-state index contributed by atoms with van der Waals surface area (Å²) in [5, 5.41) is 6.69. The third-order valence-electron chi connectivity index (χ3n) is 7.00. The number of pyridine rings is 1. The molecule has 4 bridgehead atoms. The number of aryl methyl sites for hydroxylation is 1. The lowest BCUT2D eigenvalue weighted by atomic mass is 10.1. The second-order valence-electron chi connectivity index (χ2n) is 9.45. The number of hydrogen-bond donors (Lipinski definition) is 2. The number of carbonyl (C=O) groups is 1. The number of halogens is 1. The molecule has 4 heterocycles. The van der Waals surface area contributed by atoms with Crippen LogP contribution in [0.25, 0.3) is 22.3 Å². The molecule has 5 rings (SSSR count). The maximum atomic E-state index is 14.6. The summed E-state index contributed by atoms with van der Waals surface area (Å²) >= 11 is 0. The first-order chi connectivity index (χ1) is 16.9. The molecule has 0 aliphatic carbocycles. The fourth-order valence-corrected chi connectivity index (χ4v) is 5.35. The zero-order valence-corrected chi connectivity index (χ0v) is 20.6. The molecule has 186 valence electrons. The molecular formula is C25H32FN7O2. The van der Waals surface area contributed by atoms with Crippen LogP contribution in [0.3, 0.4) is 0 Å². The lowest BCUT2D eigenvalue weighted by Crippen LogP contribution is -2.48. The number of fused-ring (bicyclic) bond motifs is 5. The van der Waals surface area contributed by atoms with E-state index < -0.39 is 0 Å². The van der Waals surface area contributed by atoms with Crippen LogP contribution in [0, 0.1) is 12.7 Å². The number of likely N-dealkylation sites (tertiary alicyclic amines) is 1. The van der Waals surface area contributed by atoms with Gasteiger partial charge in [-0.15, -0.1) is 0 Å². The van der Waals surface area contributed by atoms with Gasteiger partial charge in [-0.1, -0.05) is 6.07 Å². The zero-order valence-electron chi connectivity index (χ0n) is 20.6. The number of benzene rings is 1. The van der Waals surface area contributed by atoms with Gasteiger partial charge in [0.15, 0.2) is 0 Å². The number of amides is 1. The van der Waals surface area contributed by atoms with E-state index in [1.54, 1.807) is 12.0 Å². The molecule has 1 amide bonds. The molecule has 3 atom stereocenters. The van der Waals surface area contributed by atoms with Crippen LogP contribution in [0.15, 0.2) is 30.3 Å². The summed E-state index contributed by atoms with van der Waals surface area (Å²) in [6, 6.07) is 8.49. The first-order valence-electron chi connectivity index (χ1n) is 11.9. The number of likely N-dealkylation sites (N-methyl/N-ethyl adjacent to an activating group) is 1.